The smallest absolute Gasteiger partial charge is 0.254 e. The van der Waals surface area contributed by atoms with Crippen LogP contribution in [-0.4, -0.2) is 54.6 Å². The molecule has 86 valence electrons. The number of morpholine rings is 1. The van der Waals surface area contributed by atoms with Crippen molar-refractivity contribution in [3.63, 3.8) is 0 Å². The fourth-order valence-corrected chi connectivity index (χ4v) is 2.63. The zero-order valence-corrected chi connectivity index (χ0v) is 9.01. The van der Waals surface area contributed by atoms with Crippen LogP contribution in [0.2, 0.25) is 0 Å². The zero-order chi connectivity index (χ0) is 11.3. The van der Waals surface area contributed by atoms with Crippen LogP contribution in [0.4, 0.5) is 0 Å². The van der Waals surface area contributed by atoms with Crippen molar-refractivity contribution in [2.75, 3.05) is 19.8 Å². The Hall–Kier alpha value is -1.09. The van der Waals surface area contributed by atoms with E-state index in [0.717, 1.165) is 0 Å². The van der Waals surface area contributed by atoms with Crippen molar-refractivity contribution in [1.29, 1.82) is 0 Å². The standard InChI is InChI=1S/C11H13NO4/c1-3-4-14-9-8-7-5-15-11(2,16-7)6-12(8)10(9)13/h1,7-9H,4-6H2,2H3/t7-,8+,9-,11-/m1/s1. The first-order valence-corrected chi connectivity index (χ1v) is 5.32. The summed E-state index contributed by atoms with van der Waals surface area (Å²) in [6.07, 6.45) is 4.57. The van der Waals surface area contributed by atoms with E-state index in [4.69, 9.17) is 20.6 Å². The number of amides is 1. The van der Waals surface area contributed by atoms with Crippen molar-refractivity contribution >= 4 is 5.91 Å². The molecule has 0 N–H and O–H groups in total. The summed E-state index contributed by atoms with van der Waals surface area (Å²) >= 11 is 0. The molecule has 0 saturated carbocycles. The van der Waals surface area contributed by atoms with Crippen molar-refractivity contribution in [3.05, 3.63) is 0 Å². The minimum absolute atomic E-state index is 0.00900. The van der Waals surface area contributed by atoms with Crippen LogP contribution in [0.1, 0.15) is 6.92 Å². The van der Waals surface area contributed by atoms with Crippen LogP contribution in [0.15, 0.2) is 0 Å². The molecule has 5 nitrogen and oxygen atoms in total. The lowest BCUT2D eigenvalue weighted by Crippen LogP contribution is -2.74. The summed E-state index contributed by atoms with van der Waals surface area (Å²) in [4.78, 5) is 13.6. The highest BCUT2D eigenvalue weighted by Gasteiger charge is 2.62. The van der Waals surface area contributed by atoms with E-state index in [0.29, 0.717) is 13.2 Å². The van der Waals surface area contributed by atoms with E-state index in [-0.39, 0.29) is 24.7 Å². The number of carbonyl (C=O) groups excluding carboxylic acids is 1. The lowest BCUT2D eigenvalue weighted by Gasteiger charge is -2.52. The maximum absolute atomic E-state index is 11.8. The van der Waals surface area contributed by atoms with Gasteiger partial charge in [-0.2, -0.15) is 0 Å². The molecule has 4 atom stereocenters. The lowest BCUT2D eigenvalue weighted by molar-refractivity contribution is -0.245. The van der Waals surface area contributed by atoms with Crippen LogP contribution in [0.5, 0.6) is 0 Å². The number of terminal acetylenes is 1. The number of fused-ring (bicyclic) bond motifs is 4. The molecule has 5 heteroatoms. The van der Waals surface area contributed by atoms with E-state index >= 15 is 0 Å². The maximum Gasteiger partial charge on any atom is 0.254 e. The Kier molecular flexibility index (Phi) is 2.02. The van der Waals surface area contributed by atoms with Crippen LogP contribution >= 0.6 is 0 Å². The Bertz CT molecular complexity index is 377. The zero-order valence-electron chi connectivity index (χ0n) is 9.01. The van der Waals surface area contributed by atoms with Gasteiger partial charge in [0.1, 0.15) is 12.7 Å². The highest BCUT2D eigenvalue weighted by atomic mass is 16.7. The minimum atomic E-state index is -0.631. The molecule has 16 heavy (non-hydrogen) atoms. The van der Waals surface area contributed by atoms with Gasteiger partial charge in [0, 0.05) is 0 Å². The monoisotopic (exact) mass is 223 g/mol. The Morgan fingerprint density at radius 3 is 3.31 bits per heavy atom. The minimum Gasteiger partial charge on any atom is -0.353 e. The number of hydrogen-bond acceptors (Lipinski definition) is 4. The summed E-state index contributed by atoms with van der Waals surface area (Å²) in [5, 5.41) is 0. The van der Waals surface area contributed by atoms with Gasteiger partial charge in [0.05, 0.1) is 19.2 Å². The average molecular weight is 223 g/mol. The number of nitrogens with zero attached hydrogens (tertiary/aromatic N) is 1. The van der Waals surface area contributed by atoms with E-state index < -0.39 is 11.9 Å². The second-order valence-electron chi connectivity index (χ2n) is 4.49. The van der Waals surface area contributed by atoms with Gasteiger partial charge >= 0.3 is 0 Å². The molecule has 0 radical (unpaired) electrons. The number of carbonyl (C=O) groups is 1. The van der Waals surface area contributed by atoms with Gasteiger partial charge in [0.15, 0.2) is 11.9 Å². The Labute approximate surface area is 93.6 Å². The van der Waals surface area contributed by atoms with Crippen LogP contribution in [0.3, 0.4) is 0 Å². The summed E-state index contributed by atoms with van der Waals surface area (Å²) in [6, 6.07) is -0.0311. The molecule has 0 unspecified atom stereocenters. The fraction of sp³-hybridized carbons (Fsp3) is 0.727. The molecule has 3 aliphatic rings. The molecule has 3 heterocycles. The third-order valence-electron chi connectivity index (χ3n) is 3.33. The SMILES string of the molecule is C#CCO[C@H]1C(=O)N2C[C@]3(C)OC[C@@H](O3)[C@@H]12. The first kappa shape index (κ1) is 10.1. The largest absolute Gasteiger partial charge is 0.353 e. The fourth-order valence-electron chi connectivity index (χ4n) is 2.63. The molecule has 1 amide bonds. The van der Waals surface area contributed by atoms with E-state index in [9.17, 15) is 4.79 Å². The molecule has 3 aliphatic heterocycles. The predicted octanol–water partition coefficient (Wildman–Crippen LogP) is -0.639. The van der Waals surface area contributed by atoms with Gasteiger partial charge in [0.2, 0.25) is 0 Å². The first-order chi connectivity index (χ1) is 7.64. The highest BCUT2D eigenvalue weighted by Crippen LogP contribution is 2.40. The molecule has 0 aromatic rings. The highest BCUT2D eigenvalue weighted by molar-refractivity contribution is 5.89. The van der Waals surface area contributed by atoms with Gasteiger partial charge in [-0.25, -0.2) is 0 Å². The molecular formula is C11H13NO4. The third kappa shape index (κ3) is 1.21. The van der Waals surface area contributed by atoms with Crippen molar-refractivity contribution < 1.29 is 19.0 Å². The summed E-state index contributed by atoms with van der Waals surface area (Å²) in [7, 11) is 0. The second-order valence-corrected chi connectivity index (χ2v) is 4.49. The molecule has 2 bridgehead atoms. The predicted molar refractivity (Wildman–Crippen MR) is 53.3 cm³/mol. The molecule has 3 fully saturated rings. The van der Waals surface area contributed by atoms with Crippen LogP contribution < -0.4 is 0 Å². The van der Waals surface area contributed by atoms with Crippen LogP contribution in [-0.2, 0) is 19.0 Å². The second kappa shape index (κ2) is 3.20. The normalized spacial score (nSPS) is 44.9. The number of ether oxygens (including phenoxy) is 3. The summed E-state index contributed by atoms with van der Waals surface area (Å²) < 4.78 is 16.6. The van der Waals surface area contributed by atoms with Gasteiger partial charge in [-0.15, -0.1) is 6.42 Å². The Morgan fingerprint density at radius 1 is 1.75 bits per heavy atom. The number of β-lactam (4-membered cyclic amide) rings is 1. The molecule has 0 aromatic heterocycles. The summed E-state index contributed by atoms with van der Waals surface area (Å²) in [6.45, 7) is 3.00. The van der Waals surface area contributed by atoms with Crippen LogP contribution in [0.25, 0.3) is 0 Å². The summed E-state index contributed by atoms with van der Waals surface area (Å²) in [5.74, 6) is 1.73. The summed E-state index contributed by atoms with van der Waals surface area (Å²) in [5.41, 5.74) is 0. The van der Waals surface area contributed by atoms with Crippen molar-refractivity contribution in [2.24, 2.45) is 0 Å². The topological polar surface area (TPSA) is 48.0 Å². The average Bonchev–Trinajstić information content (AvgIpc) is 2.58. The van der Waals surface area contributed by atoms with E-state index in [1.807, 2.05) is 6.92 Å². The van der Waals surface area contributed by atoms with E-state index in [2.05, 4.69) is 5.92 Å². The quantitative estimate of drug-likeness (QED) is 0.461. The third-order valence-corrected chi connectivity index (χ3v) is 3.33. The Balaban J connectivity index is 1.76. The molecule has 0 spiro atoms. The van der Waals surface area contributed by atoms with Crippen molar-refractivity contribution in [1.82, 2.24) is 4.90 Å². The van der Waals surface area contributed by atoms with E-state index in [1.165, 1.54) is 0 Å². The molecule has 0 aliphatic carbocycles. The van der Waals surface area contributed by atoms with Crippen molar-refractivity contribution in [3.8, 4) is 12.3 Å². The number of hydrogen-bond donors (Lipinski definition) is 0. The lowest BCUT2D eigenvalue weighted by atomic mass is 9.90. The number of rotatable bonds is 2. The van der Waals surface area contributed by atoms with Gasteiger partial charge in [-0.1, -0.05) is 5.92 Å². The molecule has 3 rings (SSSR count). The maximum atomic E-state index is 11.8. The van der Waals surface area contributed by atoms with Gasteiger partial charge in [-0.05, 0) is 6.92 Å². The molecular weight excluding hydrogens is 210 g/mol. The molecule has 0 aromatic carbocycles. The van der Waals surface area contributed by atoms with Gasteiger partial charge in [-0.3, -0.25) is 4.79 Å². The van der Waals surface area contributed by atoms with Gasteiger partial charge in [0.25, 0.3) is 5.91 Å². The van der Waals surface area contributed by atoms with Gasteiger partial charge < -0.3 is 19.1 Å². The Morgan fingerprint density at radius 2 is 2.56 bits per heavy atom. The van der Waals surface area contributed by atoms with E-state index in [1.54, 1.807) is 4.90 Å². The molecule has 3 saturated heterocycles. The van der Waals surface area contributed by atoms with Crippen molar-refractivity contribution in [2.45, 2.75) is 31.0 Å². The van der Waals surface area contributed by atoms with Crippen LogP contribution in [0, 0.1) is 12.3 Å². The first-order valence-electron chi connectivity index (χ1n) is 5.32.